The largest absolute Gasteiger partial charge is 0.134 e. The second-order valence-electron chi connectivity index (χ2n) is 10.2. The van der Waals surface area contributed by atoms with Gasteiger partial charge in [-0.15, -0.1) is 22.7 Å². The van der Waals surface area contributed by atoms with Crippen LogP contribution in [-0.4, -0.2) is 0 Å². The molecule has 6 heteroatoms. The van der Waals surface area contributed by atoms with E-state index in [9.17, 15) is 0 Å². The summed E-state index contributed by atoms with van der Waals surface area (Å²) in [6, 6.07) is 29.3. The highest BCUT2D eigenvalue weighted by Crippen LogP contribution is 2.52. The van der Waals surface area contributed by atoms with Crippen molar-refractivity contribution in [3.8, 4) is 0 Å². The number of hydrogen-bond donors (Lipinski definition) is 0. The monoisotopic (exact) mass is 626 g/mol. The molecule has 0 aliphatic heterocycles. The highest BCUT2D eigenvalue weighted by molar-refractivity contribution is 7.27. The zero-order valence-electron chi connectivity index (χ0n) is 20.4. The smallest absolute Gasteiger partial charge is 0.0491 e. The molecule has 9 rings (SSSR count). The molecule has 0 aliphatic carbocycles. The SMILES string of the molecule is Clc1cc2sc3c4ccccc4c(Cl)cc3c3c4cc(Cl)cc5sc6c7ccccc7c(Cl)cc6c(c(c1)c23)c54. The van der Waals surface area contributed by atoms with E-state index in [4.69, 9.17) is 46.4 Å². The molecule has 2 aromatic heterocycles. The van der Waals surface area contributed by atoms with Crippen LogP contribution in [0.25, 0.3) is 83.4 Å². The summed E-state index contributed by atoms with van der Waals surface area (Å²) in [5.74, 6) is 0. The fourth-order valence-electron chi connectivity index (χ4n) is 6.48. The van der Waals surface area contributed by atoms with Crippen molar-refractivity contribution in [2.45, 2.75) is 0 Å². The molecule has 0 N–H and O–H groups in total. The quantitative estimate of drug-likeness (QED) is 0.116. The summed E-state index contributed by atoms with van der Waals surface area (Å²) in [4.78, 5) is 0. The van der Waals surface area contributed by atoms with Gasteiger partial charge in [0.05, 0.1) is 0 Å². The van der Waals surface area contributed by atoms with Crippen LogP contribution in [0.2, 0.25) is 20.1 Å². The van der Waals surface area contributed by atoms with Crippen LogP contribution in [0.5, 0.6) is 0 Å². The van der Waals surface area contributed by atoms with E-state index in [1.165, 1.54) is 20.2 Å². The Labute approximate surface area is 255 Å². The van der Waals surface area contributed by atoms with Crippen LogP contribution >= 0.6 is 69.1 Å². The molecule has 40 heavy (non-hydrogen) atoms. The molecule has 0 bridgehead atoms. The highest BCUT2D eigenvalue weighted by Gasteiger charge is 2.22. The lowest BCUT2D eigenvalue weighted by molar-refractivity contribution is 1.81. The van der Waals surface area contributed by atoms with E-state index in [1.807, 2.05) is 12.1 Å². The van der Waals surface area contributed by atoms with Gasteiger partial charge >= 0.3 is 0 Å². The van der Waals surface area contributed by atoms with Gasteiger partial charge in [0, 0.05) is 92.8 Å². The average molecular weight is 628 g/mol. The third kappa shape index (κ3) is 3.10. The molecule has 0 saturated carbocycles. The van der Waals surface area contributed by atoms with Crippen LogP contribution in [0.3, 0.4) is 0 Å². The molecule has 0 saturated heterocycles. The van der Waals surface area contributed by atoms with Crippen molar-refractivity contribution in [2.75, 3.05) is 0 Å². The Morgan fingerprint density at radius 3 is 1.20 bits per heavy atom. The topological polar surface area (TPSA) is 0 Å². The summed E-state index contributed by atoms with van der Waals surface area (Å²) in [7, 11) is 0. The first-order chi connectivity index (χ1) is 19.5. The van der Waals surface area contributed by atoms with Gasteiger partial charge in [0.1, 0.15) is 0 Å². The third-order valence-electron chi connectivity index (χ3n) is 8.02. The van der Waals surface area contributed by atoms with E-state index in [2.05, 4.69) is 72.8 Å². The Hall–Kier alpha value is -2.82. The molecule has 0 aliphatic rings. The summed E-state index contributed by atoms with van der Waals surface area (Å²) in [6.45, 7) is 0. The Bertz CT molecular complexity index is 2410. The number of rotatable bonds is 0. The summed E-state index contributed by atoms with van der Waals surface area (Å²) >= 11 is 31.1. The summed E-state index contributed by atoms with van der Waals surface area (Å²) < 4.78 is 4.63. The van der Waals surface area contributed by atoms with Crippen molar-refractivity contribution in [3.63, 3.8) is 0 Å². The average Bonchev–Trinajstić information content (AvgIpc) is 2.95. The first-order valence-electron chi connectivity index (χ1n) is 12.7. The summed E-state index contributed by atoms with van der Waals surface area (Å²) in [6.07, 6.45) is 0. The van der Waals surface area contributed by atoms with E-state index in [1.54, 1.807) is 22.7 Å². The second-order valence-corrected chi connectivity index (χ2v) is 14.0. The van der Waals surface area contributed by atoms with Gasteiger partial charge in [-0.3, -0.25) is 0 Å². The maximum atomic E-state index is 6.93. The Morgan fingerprint density at radius 1 is 0.375 bits per heavy atom. The lowest BCUT2D eigenvalue weighted by Crippen LogP contribution is -1.90. The van der Waals surface area contributed by atoms with Crippen molar-refractivity contribution >= 4 is 153 Å². The minimum Gasteiger partial charge on any atom is -0.134 e. The molecule has 0 fully saturated rings. The Kier molecular flexibility index (Phi) is 4.98. The second kappa shape index (κ2) is 8.36. The molecule has 0 radical (unpaired) electrons. The van der Waals surface area contributed by atoms with Crippen LogP contribution in [0, 0.1) is 0 Å². The van der Waals surface area contributed by atoms with Gasteiger partial charge in [-0.2, -0.15) is 0 Å². The van der Waals surface area contributed by atoms with Gasteiger partial charge < -0.3 is 0 Å². The molecule has 0 amide bonds. The number of benzene rings is 7. The molecular formula is C34H14Cl4S2. The van der Waals surface area contributed by atoms with Gasteiger partial charge in [0.2, 0.25) is 0 Å². The van der Waals surface area contributed by atoms with Crippen LogP contribution in [0.15, 0.2) is 84.9 Å². The Balaban J connectivity index is 1.68. The fourth-order valence-corrected chi connectivity index (χ4v) is 10.2. The predicted molar refractivity (Wildman–Crippen MR) is 182 cm³/mol. The lowest BCUT2D eigenvalue weighted by Gasteiger charge is -2.19. The number of fused-ring (bicyclic) bond motifs is 10. The van der Waals surface area contributed by atoms with Crippen molar-refractivity contribution in [3.05, 3.63) is 105 Å². The summed E-state index contributed by atoms with van der Waals surface area (Å²) in [5, 5.41) is 16.4. The zero-order chi connectivity index (χ0) is 26.9. The molecule has 2 heterocycles. The molecular weight excluding hydrogens is 614 g/mol. The number of halogens is 4. The molecule has 9 aromatic rings. The minimum atomic E-state index is 0.709. The summed E-state index contributed by atoms with van der Waals surface area (Å²) in [5.41, 5.74) is 0. The van der Waals surface area contributed by atoms with E-state index in [-0.39, 0.29) is 0 Å². The van der Waals surface area contributed by atoms with E-state index in [0.29, 0.717) is 10.0 Å². The fraction of sp³-hybridized carbons (Fsp3) is 0. The molecule has 190 valence electrons. The van der Waals surface area contributed by atoms with Crippen LogP contribution in [0.4, 0.5) is 0 Å². The van der Waals surface area contributed by atoms with E-state index >= 15 is 0 Å². The van der Waals surface area contributed by atoms with Crippen LogP contribution in [0.1, 0.15) is 0 Å². The molecule has 0 nitrogen and oxygen atoms in total. The van der Waals surface area contributed by atoms with Crippen molar-refractivity contribution in [1.29, 1.82) is 0 Å². The van der Waals surface area contributed by atoms with Gasteiger partial charge in [0.25, 0.3) is 0 Å². The minimum absolute atomic E-state index is 0.709. The maximum absolute atomic E-state index is 6.93. The normalized spacial score (nSPS) is 12.5. The first kappa shape index (κ1) is 23.8. The third-order valence-corrected chi connectivity index (χ3v) is 11.5. The maximum Gasteiger partial charge on any atom is 0.0491 e. The molecule has 0 spiro atoms. The van der Waals surface area contributed by atoms with Gasteiger partial charge in [0.15, 0.2) is 0 Å². The van der Waals surface area contributed by atoms with Gasteiger partial charge in [-0.1, -0.05) is 94.9 Å². The van der Waals surface area contributed by atoms with Crippen LogP contribution in [-0.2, 0) is 0 Å². The first-order valence-corrected chi connectivity index (χ1v) is 15.8. The van der Waals surface area contributed by atoms with Gasteiger partial charge in [-0.05, 0) is 47.2 Å². The van der Waals surface area contributed by atoms with Gasteiger partial charge in [-0.25, -0.2) is 0 Å². The van der Waals surface area contributed by atoms with E-state index in [0.717, 1.165) is 73.3 Å². The standard InChI is InChI=1S/C34H14Cl4S2/c35-15-10-22-30-24-14-26(38)18-6-2-4-8-20(18)34(24)40-28-12-16(36)9-21(32(28)30)29-23-13-25(37)17-5-1-3-7-19(17)33(23)39-27(11-15)31(22)29/h1-14H. The molecule has 0 unspecified atom stereocenters. The lowest BCUT2D eigenvalue weighted by atomic mass is 9.90. The highest BCUT2D eigenvalue weighted by atomic mass is 35.5. The van der Waals surface area contributed by atoms with Crippen molar-refractivity contribution in [2.24, 2.45) is 0 Å². The zero-order valence-corrected chi connectivity index (χ0v) is 25.1. The van der Waals surface area contributed by atoms with E-state index < -0.39 is 0 Å². The molecule has 7 aromatic carbocycles. The van der Waals surface area contributed by atoms with Crippen molar-refractivity contribution in [1.82, 2.24) is 0 Å². The number of hydrogen-bond acceptors (Lipinski definition) is 2. The molecule has 0 atom stereocenters. The van der Waals surface area contributed by atoms with Crippen molar-refractivity contribution < 1.29 is 0 Å². The Morgan fingerprint density at radius 2 is 0.775 bits per heavy atom. The predicted octanol–water partition coefficient (Wildman–Crippen LogP) is 13.6. The van der Waals surface area contributed by atoms with Crippen LogP contribution < -0.4 is 0 Å².